The summed E-state index contributed by atoms with van der Waals surface area (Å²) in [4.78, 5) is 22.8. The Kier molecular flexibility index (Phi) is 5.89. The molecular formula is C16H16Cl2N4O2. The highest BCUT2D eigenvalue weighted by molar-refractivity contribution is 6.42. The lowest BCUT2D eigenvalue weighted by molar-refractivity contribution is 0.249. The summed E-state index contributed by atoms with van der Waals surface area (Å²) in [6.45, 7) is 1.84. The number of nitrogens with one attached hydrogen (secondary N) is 3. The summed E-state index contributed by atoms with van der Waals surface area (Å²) in [6, 6.07) is 10.6. The minimum absolute atomic E-state index is 0.240. The fourth-order valence-electron chi connectivity index (χ4n) is 2.02. The van der Waals surface area contributed by atoms with Gasteiger partial charge >= 0.3 is 12.1 Å². The van der Waals surface area contributed by atoms with Gasteiger partial charge in [-0.1, -0.05) is 35.3 Å². The van der Waals surface area contributed by atoms with Gasteiger partial charge < -0.3 is 21.7 Å². The minimum atomic E-state index is -0.630. The molecule has 0 heterocycles. The number of rotatable bonds is 4. The molecule has 1 atom stereocenters. The summed E-state index contributed by atoms with van der Waals surface area (Å²) in [6.07, 6.45) is 0. The molecule has 126 valence electrons. The number of nitrogens with two attached hydrogens (primary N) is 1. The van der Waals surface area contributed by atoms with Crippen LogP contribution in [0.5, 0.6) is 0 Å². The minimum Gasteiger partial charge on any atom is -0.351 e. The van der Waals surface area contributed by atoms with E-state index in [4.69, 9.17) is 28.9 Å². The molecule has 0 bridgehead atoms. The molecule has 2 aromatic rings. The van der Waals surface area contributed by atoms with Crippen molar-refractivity contribution in [1.29, 1.82) is 0 Å². The first kappa shape index (κ1) is 17.9. The Labute approximate surface area is 149 Å². The molecule has 24 heavy (non-hydrogen) atoms. The van der Waals surface area contributed by atoms with Crippen molar-refractivity contribution in [3.63, 3.8) is 0 Å². The number of benzene rings is 2. The molecule has 8 heteroatoms. The molecule has 0 aliphatic rings. The van der Waals surface area contributed by atoms with Crippen LogP contribution in [0.2, 0.25) is 10.0 Å². The van der Waals surface area contributed by atoms with Gasteiger partial charge in [0.15, 0.2) is 0 Å². The first-order valence-corrected chi connectivity index (χ1v) is 7.79. The van der Waals surface area contributed by atoms with Crippen molar-refractivity contribution in [1.82, 2.24) is 5.32 Å². The average Bonchev–Trinajstić information content (AvgIpc) is 2.51. The molecular weight excluding hydrogens is 351 g/mol. The largest absolute Gasteiger partial charge is 0.351 e. The third-order valence-corrected chi connectivity index (χ3v) is 3.94. The molecule has 4 amide bonds. The zero-order chi connectivity index (χ0) is 17.7. The van der Waals surface area contributed by atoms with Gasteiger partial charge in [-0.2, -0.15) is 0 Å². The third kappa shape index (κ3) is 5.04. The molecule has 6 nitrogen and oxygen atoms in total. The molecule has 0 spiro atoms. The summed E-state index contributed by atoms with van der Waals surface area (Å²) in [7, 11) is 0. The maximum absolute atomic E-state index is 12.0. The second-order valence-electron chi connectivity index (χ2n) is 5.06. The lowest BCUT2D eigenvalue weighted by atomic mass is 10.1. The van der Waals surface area contributed by atoms with E-state index in [-0.39, 0.29) is 12.1 Å². The number of carbonyl (C=O) groups excluding carboxylic acids is 2. The van der Waals surface area contributed by atoms with Crippen LogP contribution in [-0.2, 0) is 0 Å². The van der Waals surface area contributed by atoms with Crippen molar-refractivity contribution < 1.29 is 9.59 Å². The van der Waals surface area contributed by atoms with Crippen LogP contribution in [0.3, 0.4) is 0 Å². The zero-order valence-electron chi connectivity index (χ0n) is 12.8. The molecule has 1 unspecified atom stereocenters. The molecule has 0 saturated carbocycles. The van der Waals surface area contributed by atoms with E-state index in [9.17, 15) is 9.59 Å². The lowest BCUT2D eigenvalue weighted by Crippen LogP contribution is -2.31. The number of carbonyl (C=O) groups is 2. The first-order chi connectivity index (χ1) is 11.3. The van der Waals surface area contributed by atoms with Crippen molar-refractivity contribution in [3.8, 4) is 0 Å². The van der Waals surface area contributed by atoms with Gasteiger partial charge in [0.05, 0.1) is 16.1 Å². The van der Waals surface area contributed by atoms with E-state index in [0.717, 1.165) is 5.56 Å². The van der Waals surface area contributed by atoms with Gasteiger partial charge in [0.1, 0.15) is 0 Å². The smallest absolute Gasteiger partial charge is 0.319 e. The standard InChI is InChI=1S/C16H16Cl2N4O2/c1-9(10-2-4-11(5-3-10)21-15(19)23)20-16(24)22-12-6-7-13(17)14(18)8-12/h2-9H,1H3,(H3,19,21,23)(H2,20,22,24). The number of hydrogen-bond donors (Lipinski definition) is 4. The fourth-order valence-corrected chi connectivity index (χ4v) is 2.32. The van der Waals surface area contributed by atoms with Crippen molar-refractivity contribution >= 4 is 46.6 Å². The van der Waals surface area contributed by atoms with E-state index in [1.54, 1.807) is 42.5 Å². The molecule has 0 aliphatic heterocycles. The highest BCUT2D eigenvalue weighted by Crippen LogP contribution is 2.25. The molecule has 0 radical (unpaired) electrons. The Hall–Kier alpha value is -2.44. The molecule has 2 rings (SSSR count). The Bertz CT molecular complexity index is 750. The van der Waals surface area contributed by atoms with Crippen molar-refractivity contribution in [2.75, 3.05) is 10.6 Å². The second-order valence-corrected chi connectivity index (χ2v) is 5.87. The molecule has 2 aromatic carbocycles. The van der Waals surface area contributed by atoms with Gasteiger partial charge in [0, 0.05) is 11.4 Å². The fraction of sp³-hybridized carbons (Fsp3) is 0.125. The van der Waals surface area contributed by atoms with Crippen LogP contribution < -0.4 is 21.7 Å². The van der Waals surface area contributed by atoms with E-state index in [1.807, 2.05) is 6.92 Å². The average molecular weight is 367 g/mol. The Morgan fingerprint density at radius 2 is 1.58 bits per heavy atom. The van der Waals surface area contributed by atoms with Crippen LogP contribution >= 0.6 is 23.2 Å². The van der Waals surface area contributed by atoms with Gasteiger partial charge in [0.25, 0.3) is 0 Å². The van der Waals surface area contributed by atoms with E-state index >= 15 is 0 Å². The number of halogens is 2. The van der Waals surface area contributed by atoms with Crippen molar-refractivity contribution in [3.05, 3.63) is 58.1 Å². The highest BCUT2D eigenvalue weighted by atomic mass is 35.5. The van der Waals surface area contributed by atoms with Crippen LogP contribution in [0.4, 0.5) is 21.0 Å². The van der Waals surface area contributed by atoms with Gasteiger partial charge in [-0.25, -0.2) is 9.59 Å². The van der Waals surface area contributed by atoms with E-state index < -0.39 is 6.03 Å². The number of anilines is 2. The SMILES string of the molecule is CC(NC(=O)Nc1ccc(Cl)c(Cl)c1)c1ccc(NC(N)=O)cc1. The molecule has 0 aliphatic carbocycles. The van der Waals surface area contributed by atoms with Crippen molar-refractivity contribution in [2.45, 2.75) is 13.0 Å². The topological polar surface area (TPSA) is 96.2 Å². The second kappa shape index (κ2) is 7.90. The van der Waals surface area contributed by atoms with Crippen LogP contribution in [0.1, 0.15) is 18.5 Å². The summed E-state index contributed by atoms with van der Waals surface area (Å²) in [5, 5.41) is 8.73. The van der Waals surface area contributed by atoms with Gasteiger partial charge in [-0.15, -0.1) is 0 Å². The summed E-state index contributed by atoms with van der Waals surface area (Å²) in [5.74, 6) is 0. The van der Waals surface area contributed by atoms with E-state index in [2.05, 4.69) is 16.0 Å². The Balaban J connectivity index is 1.95. The quantitative estimate of drug-likeness (QED) is 0.646. The molecule has 0 aromatic heterocycles. The molecule has 0 fully saturated rings. The van der Waals surface area contributed by atoms with Crippen LogP contribution in [0.15, 0.2) is 42.5 Å². The third-order valence-electron chi connectivity index (χ3n) is 3.20. The van der Waals surface area contributed by atoms with Gasteiger partial charge in [-0.05, 0) is 42.8 Å². The predicted octanol–water partition coefficient (Wildman–Crippen LogP) is 4.37. The maximum Gasteiger partial charge on any atom is 0.319 e. The monoisotopic (exact) mass is 366 g/mol. The lowest BCUT2D eigenvalue weighted by Gasteiger charge is -2.16. The summed E-state index contributed by atoms with van der Waals surface area (Å²) >= 11 is 11.7. The van der Waals surface area contributed by atoms with Gasteiger partial charge in [0.2, 0.25) is 0 Å². The van der Waals surface area contributed by atoms with Crippen LogP contribution in [0.25, 0.3) is 0 Å². The normalized spacial score (nSPS) is 11.5. The Morgan fingerprint density at radius 1 is 0.958 bits per heavy atom. The number of primary amides is 1. The van der Waals surface area contributed by atoms with Gasteiger partial charge in [-0.3, -0.25) is 0 Å². The summed E-state index contributed by atoms with van der Waals surface area (Å²) in [5.41, 5.74) is 7.04. The number of hydrogen-bond acceptors (Lipinski definition) is 2. The Morgan fingerprint density at radius 3 is 2.17 bits per heavy atom. The van der Waals surface area contributed by atoms with Crippen LogP contribution in [0, 0.1) is 0 Å². The maximum atomic E-state index is 12.0. The predicted molar refractivity (Wildman–Crippen MR) is 96.7 cm³/mol. The zero-order valence-corrected chi connectivity index (χ0v) is 14.3. The first-order valence-electron chi connectivity index (χ1n) is 7.04. The number of amides is 4. The van der Waals surface area contributed by atoms with E-state index in [1.165, 1.54) is 0 Å². The van der Waals surface area contributed by atoms with Crippen LogP contribution in [-0.4, -0.2) is 12.1 Å². The van der Waals surface area contributed by atoms with E-state index in [0.29, 0.717) is 21.4 Å². The number of urea groups is 2. The molecule has 0 saturated heterocycles. The highest BCUT2D eigenvalue weighted by Gasteiger charge is 2.10. The van der Waals surface area contributed by atoms with Crippen molar-refractivity contribution in [2.24, 2.45) is 5.73 Å². The molecule has 5 N–H and O–H groups in total. The summed E-state index contributed by atoms with van der Waals surface area (Å²) < 4.78 is 0.